The summed E-state index contributed by atoms with van der Waals surface area (Å²) in [6, 6.07) is 8.27. The van der Waals surface area contributed by atoms with Gasteiger partial charge in [0.15, 0.2) is 0 Å². The summed E-state index contributed by atoms with van der Waals surface area (Å²) < 4.78 is 2.72. The fourth-order valence-corrected chi connectivity index (χ4v) is 2.46. The Labute approximate surface area is 125 Å². The van der Waals surface area contributed by atoms with Gasteiger partial charge in [-0.05, 0) is 42.7 Å². The molecule has 5 nitrogen and oxygen atoms in total. The number of nitrogens with zero attached hydrogens (tertiary/aromatic N) is 2. The Morgan fingerprint density at radius 1 is 1.45 bits per heavy atom. The van der Waals surface area contributed by atoms with Crippen molar-refractivity contribution in [1.29, 1.82) is 0 Å². The second-order valence-electron chi connectivity index (χ2n) is 4.94. The molecule has 20 heavy (non-hydrogen) atoms. The van der Waals surface area contributed by atoms with Crippen molar-refractivity contribution in [2.24, 2.45) is 5.73 Å². The van der Waals surface area contributed by atoms with Crippen LogP contribution in [-0.2, 0) is 6.54 Å². The molecule has 0 radical (unpaired) electrons. The van der Waals surface area contributed by atoms with Gasteiger partial charge in [-0.1, -0.05) is 15.9 Å². The Hall–Kier alpha value is -1.66. The SMILES string of the molecule is NC(=O)c1ccn(-c2ccc(Br)cc2CNC2CC2)n1. The molecule has 1 amide bonds. The number of primary amides is 1. The monoisotopic (exact) mass is 334 g/mol. The molecule has 3 N–H and O–H groups in total. The third-order valence-corrected chi connectivity index (χ3v) is 3.78. The lowest BCUT2D eigenvalue weighted by Crippen LogP contribution is -2.17. The lowest BCUT2D eigenvalue weighted by molar-refractivity contribution is 0.0995. The number of carbonyl (C=O) groups is 1. The quantitative estimate of drug-likeness (QED) is 0.878. The molecule has 1 heterocycles. The molecular formula is C14H15BrN4O. The number of halogens is 1. The van der Waals surface area contributed by atoms with Crippen molar-refractivity contribution in [3.8, 4) is 5.69 Å². The van der Waals surface area contributed by atoms with Gasteiger partial charge in [0.25, 0.3) is 5.91 Å². The molecule has 6 heteroatoms. The molecule has 0 spiro atoms. The van der Waals surface area contributed by atoms with Gasteiger partial charge in [0.05, 0.1) is 5.69 Å². The standard InChI is InChI=1S/C14H15BrN4O/c15-10-1-4-13(9(7-10)8-17-11-2-3-11)19-6-5-12(18-19)14(16)20/h1,4-7,11,17H,2-3,8H2,(H2,16,20). The van der Waals surface area contributed by atoms with Gasteiger partial charge in [-0.15, -0.1) is 0 Å². The predicted molar refractivity (Wildman–Crippen MR) is 79.6 cm³/mol. The molecule has 1 aromatic carbocycles. The molecule has 104 valence electrons. The van der Waals surface area contributed by atoms with Crippen molar-refractivity contribution < 1.29 is 4.79 Å². The molecule has 3 rings (SSSR count). The molecule has 0 bridgehead atoms. The molecule has 0 atom stereocenters. The number of benzene rings is 1. The number of carbonyl (C=O) groups excluding carboxylic acids is 1. The molecule has 1 aliphatic carbocycles. The summed E-state index contributed by atoms with van der Waals surface area (Å²) in [7, 11) is 0. The van der Waals surface area contributed by atoms with Crippen molar-refractivity contribution >= 4 is 21.8 Å². The summed E-state index contributed by atoms with van der Waals surface area (Å²) in [5.41, 5.74) is 7.59. The average Bonchev–Trinajstić information content (AvgIpc) is 3.11. The van der Waals surface area contributed by atoms with E-state index in [0.717, 1.165) is 22.3 Å². The van der Waals surface area contributed by atoms with Gasteiger partial charge < -0.3 is 11.1 Å². The summed E-state index contributed by atoms with van der Waals surface area (Å²) >= 11 is 3.49. The van der Waals surface area contributed by atoms with Crippen LogP contribution in [0.5, 0.6) is 0 Å². The first kappa shape index (κ1) is 13.3. The van der Waals surface area contributed by atoms with Crippen molar-refractivity contribution in [1.82, 2.24) is 15.1 Å². The van der Waals surface area contributed by atoms with Crippen LogP contribution < -0.4 is 11.1 Å². The molecular weight excluding hydrogens is 320 g/mol. The first-order valence-electron chi connectivity index (χ1n) is 6.51. The Morgan fingerprint density at radius 2 is 2.25 bits per heavy atom. The van der Waals surface area contributed by atoms with Crippen LogP contribution in [0.15, 0.2) is 34.9 Å². The Bertz CT molecular complexity index is 648. The van der Waals surface area contributed by atoms with Crippen LogP contribution in [0, 0.1) is 0 Å². The van der Waals surface area contributed by atoms with Gasteiger partial charge in [0.2, 0.25) is 0 Å². The molecule has 0 unspecified atom stereocenters. The average molecular weight is 335 g/mol. The first-order chi connectivity index (χ1) is 9.63. The van der Waals surface area contributed by atoms with Gasteiger partial charge in [-0.25, -0.2) is 4.68 Å². The zero-order chi connectivity index (χ0) is 14.1. The maximum atomic E-state index is 11.1. The fourth-order valence-electron chi connectivity index (χ4n) is 2.05. The van der Waals surface area contributed by atoms with E-state index in [4.69, 9.17) is 5.73 Å². The molecule has 1 saturated carbocycles. The van der Waals surface area contributed by atoms with Crippen LogP contribution in [0.2, 0.25) is 0 Å². The van der Waals surface area contributed by atoms with E-state index in [1.54, 1.807) is 16.9 Å². The van der Waals surface area contributed by atoms with Crippen molar-refractivity contribution in [3.63, 3.8) is 0 Å². The highest BCUT2D eigenvalue weighted by molar-refractivity contribution is 9.10. The number of nitrogens with two attached hydrogens (primary N) is 1. The lowest BCUT2D eigenvalue weighted by atomic mass is 10.2. The lowest BCUT2D eigenvalue weighted by Gasteiger charge is -2.11. The van der Waals surface area contributed by atoms with E-state index >= 15 is 0 Å². The highest BCUT2D eigenvalue weighted by Gasteiger charge is 2.20. The van der Waals surface area contributed by atoms with Gasteiger partial charge in [0.1, 0.15) is 5.69 Å². The number of hydrogen-bond acceptors (Lipinski definition) is 3. The minimum absolute atomic E-state index is 0.272. The predicted octanol–water partition coefficient (Wildman–Crippen LogP) is 1.99. The van der Waals surface area contributed by atoms with E-state index in [9.17, 15) is 4.79 Å². The normalized spacial score (nSPS) is 14.4. The molecule has 0 aliphatic heterocycles. The van der Waals surface area contributed by atoms with Crippen LogP contribution in [0.4, 0.5) is 0 Å². The van der Waals surface area contributed by atoms with E-state index in [2.05, 4.69) is 32.4 Å². The number of nitrogens with one attached hydrogen (secondary N) is 1. The van der Waals surface area contributed by atoms with Gasteiger partial charge >= 0.3 is 0 Å². The molecule has 0 saturated heterocycles. The first-order valence-corrected chi connectivity index (χ1v) is 7.30. The van der Waals surface area contributed by atoms with Crippen LogP contribution in [-0.4, -0.2) is 21.7 Å². The van der Waals surface area contributed by atoms with Crippen LogP contribution >= 0.6 is 15.9 Å². The number of aromatic nitrogens is 2. The molecule has 2 aromatic rings. The second kappa shape index (κ2) is 5.38. The van der Waals surface area contributed by atoms with E-state index in [1.807, 2.05) is 12.1 Å². The summed E-state index contributed by atoms with van der Waals surface area (Å²) in [6.45, 7) is 0.783. The highest BCUT2D eigenvalue weighted by atomic mass is 79.9. The smallest absolute Gasteiger partial charge is 0.269 e. The van der Waals surface area contributed by atoms with E-state index in [-0.39, 0.29) is 5.69 Å². The Kier molecular flexibility index (Phi) is 3.58. The largest absolute Gasteiger partial charge is 0.364 e. The number of rotatable bonds is 5. The highest BCUT2D eigenvalue weighted by Crippen LogP contribution is 2.23. The zero-order valence-corrected chi connectivity index (χ0v) is 12.4. The summed E-state index contributed by atoms with van der Waals surface area (Å²) in [4.78, 5) is 11.1. The van der Waals surface area contributed by atoms with Crippen LogP contribution in [0.25, 0.3) is 5.69 Å². The van der Waals surface area contributed by atoms with E-state index < -0.39 is 5.91 Å². The fraction of sp³-hybridized carbons (Fsp3) is 0.286. The third-order valence-electron chi connectivity index (χ3n) is 3.29. The van der Waals surface area contributed by atoms with Gasteiger partial charge in [0, 0.05) is 23.3 Å². The van der Waals surface area contributed by atoms with Crippen LogP contribution in [0.3, 0.4) is 0 Å². The third kappa shape index (κ3) is 2.91. The van der Waals surface area contributed by atoms with Crippen LogP contribution in [0.1, 0.15) is 28.9 Å². The summed E-state index contributed by atoms with van der Waals surface area (Å²) in [5, 5.41) is 7.70. The maximum absolute atomic E-state index is 11.1. The minimum Gasteiger partial charge on any atom is -0.364 e. The summed E-state index contributed by atoms with van der Waals surface area (Å²) in [6.07, 6.45) is 4.25. The van der Waals surface area contributed by atoms with E-state index in [1.165, 1.54) is 12.8 Å². The van der Waals surface area contributed by atoms with Gasteiger partial charge in [-0.2, -0.15) is 5.10 Å². The zero-order valence-electron chi connectivity index (χ0n) is 10.8. The maximum Gasteiger partial charge on any atom is 0.269 e. The Morgan fingerprint density at radius 3 is 2.90 bits per heavy atom. The second-order valence-corrected chi connectivity index (χ2v) is 5.85. The van der Waals surface area contributed by atoms with Crippen molar-refractivity contribution in [2.45, 2.75) is 25.4 Å². The minimum atomic E-state index is -0.515. The summed E-state index contributed by atoms with van der Waals surface area (Å²) in [5.74, 6) is -0.515. The van der Waals surface area contributed by atoms with E-state index in [0.29, 0.717) is 6.04 Å². The number of hydrogen-bond donors (Lipinski definition) is 2. The number of amides is 1. The topological polar surface area (TPSA) is 72.9 Å². The van der Waals surface area contributed by atoms with Crippen molar-refractivity contribution in [2.75, 3.05) is 0 Å². The van der Waals surface area contributed by atoms with Crippen molar-refractivity contribution in [3.05, 3.63) is 46.2 Å². The molecule has 1 aromatic heterocycles. The molecule has 1 fully saturated rings. The molecule has 1 aliphatic rings. The van der Waals surface area contributed by atoms with Gasteiger partial charge in [-0.3, -0.25) is 4.79 Å². The Balaban J connectivity index is 1.91.